The molecule has 0 fully saturated rings. The van der Waals surface area contributed by atoms with E-state index in [0.717, 1.165) is 0 Å². The Balaban J connectivity index is 0.00000612. The van der Waals surface area contributed by atoms with Crippen LogP contribution in [0.2, 0.25) is 0 Å². The number of nitrogens with one attached hydrogen (secondary N) is 2. The number of benzene rings is 1. The maximum Gasteiger partial charge on any atom is 0.336 e. The van der Waals surface area contributed by atoms with E-state index in [4.69, 9.17) is 14.2 Å². The molecule has 0 bridgehead atoms. The van der Waals surface area contributed by atoms with Gasteiger partial charge in [-0.05, 0) is 58.9 Å². The van der Waals surface area contributed by atoms with Crippen molar-refractivity contribution in [3.05, 3.63) is 64.0 Å². The topological polar surface area (TPSA) is 103 Å². The molecule has 0 amide bonds. The fraction of sp³-hybridized carbons (Fsp3) is 0.423. The van der Waals surface area contributed by atoms with E-state index in [1.807, 2.05) is 24.3 Å². The van der Waals surface area contributed by atoms with Crippen LogP contribution in [-0.2, 0) is 28.6 Å². The minimum absolute atomic E-state index is 0. The standard InChI is InChI=1S/C26H34N2O6.ClH/c1-7-32-25(30)22-17(5)28-20(15-27-6)24(26(31)33-8-2)23(22)19-12-10-9-11-18(19)13-14-21(29)34-16(3)4;/h9-14,16,23,27-28H,7-8,15H2,1-6H3;1H/b14-13+;. The number of ether oxygens (including phenoxy) is 3. The van der Waals surface area contributed by atoms with Gasteiger partial charge in [0.1, 0.15) is 0 Å². The molecular formula is C26H35ClN2O6. The Labute approximate surface area is 213 Å². The Morgan fingerprint density at radius 2 is 1.66 bits per heavy atom. The molecule has 0 radical (unpaired) electrons. The molecule has 1 aliphatic heterocycles. The molecule has 35 heavy (non-hydrogen) atoms. The van der Waals surface area contributed by atoms with E-state index < -0.39 is 23.8 Å². The third kappa shape index (κ3) is 7.70. The van der Waals surface area contributed by atoms with Gasteiger partial charge in [0.05, 0.1) is 36.4 Å². The summed E-state index contributed by atoms with van der Waals surface area (Å²) in [7, 11) is 1.77. The molecule has 1 aliphatic rings. The predicted molar refractivity (Wildman–Crippen MR) is 137 cm³/mol. The number of carbonyl (C=O) groups is 3. The van der Waals surface area contributed by atoms with Crippen LogP contribution in [0.5, 0.6) is 0 Å². The molecule has 1 atom stereocenters. The number of carbonyl (C=O) groups excluding carboxylic acids is 3. The fourth-order valence-electron chi connectivity index (χ4n) is 3.81. The Hall–Kier alpha value is -3.10. The van der Waals surface area contributed by atoms with E-state index in [-0.39, 0.29) is 31.7 Å². The Morgan fingerprint density at radius 3 is 2.23 bits per heavy atom. The molecule has 0 aromatic heterocycles. The van der Waals surface area contributed by atoms with Crippen LogP contribution >= 0.6 is 12.4 Å². The van der Waals surface area contributed by atoms with Gasteiger partial charge in [-0.3, -0.25) is 0 Å². The molecule has 2 N–H and O–H groups in total. The van der Waals surface area contributed by atoms with Crippen LogP contribution in [0.1, 0.15) is 51.7 Å². The van der Waals surface area contributed by atoms with Gasteiger partial charge in [-0.2, -0.15) is 0 Å². The second kappa shape index (κ2) is 14.3. The second-order valence-corrected chi connectivity index (χ2v) is 7.91. The van der Waals surface area contributed by atoms with Crippen LogP contribution in [0.3, 0.4) is 0 Å². The monoisotopic (exact) mass is 506 g/mol. The summed E-state index contributed by atoms with van der Waals surface area (Å²) < 4.78 is 15.9. The molecule has 1 aromatic carbocycles. The van der Waals surface area contributed by atoms with Crippen molar-refractivity contribution in [2.24, 2.45) is 0 Å². The highest BCUT2D eigenvalue weighted by Gasteiger charge is 2.39. The number of allylic oxidation sites excluding steroid dienone is 1. The van der Waals surface area contributed by atoms with Gasteiger partial charge in [0.25, 0.3) is 0 Å². The van der Waals surface area contributed by atoms with Crippen molar-refractivity contribution in [1.29, 1.82) is 0 Å². The average Bonchev–Trinajstić information content (AvgIpc) is 2.77. The Bertz CT molecular complexity index is 1010. The van der Waals surface area contributed by atoms with Crippen LogP contribution in [0.25, 0.3) is 6.08 Å². The van der Waals surface area contributed by atoms with E-state index in [9.17, 15) is 14.4 Å². The lowest BCUT2D eigenvalue weighted by Gasteiger charge is -2.32. The zero-order chi connectivity index (χ0) is 25.3. The third-order valence-corrected chi connectivity index (χ3v) is 5.05. The predicted octanol–water partition coefficient (Wildman–Crippen LogP) is 3.63. The summed E-state index contributed by atoms with van der Waals surface area (Å²) in [5.74, 6) is -2.30. The molecule has 1 heterocycles. The van der Waals surface area contributed by atoms with Gasteiger partial charge in [0, 0.05) is 24.0 Å². The van der Waals surface area contributed by atoms with E-state index in [1.54, 1.807) is 47.7 Å². The summed E-state index contributed by atoms with van der Waals surface area (Å²) >= 11 is 0. The molecule has 0 saturated heterocycles. The van der Waals surface area contributed by atoms with Crippen LogP contribution in [0.15, 0.2) is 52.9 Å². The Morgan fingerprint density at radius 1 is 1.06 bits per heavy atom. The number of halogens is 1. The van der Waals surface area contributed by atoms with Gasteiger partial charge < -0.3 is 24.8 Å². The van der Waals surface area contributed by atoms with Gasteiger partial charge in [-0.25, -0.2) is 14.4 Å². The van der Waals surface area contributed by atoms with Crippen LogP contribution in [0.4, 0.5) is 0 Å². The third-order valence-electron chi connectivity index (χ3n) is 5.05. The van der Waals surface area contributed by atoms with Crippen molar-refractivity contribution in [2.45, 2.75) is 46.6 Å². The van der Waals surface area contributed by atoms with Gasteiger partial charge >= 0.3 is 17.9 Å². The zero-order valence-electron chi connectivity index (χ0n) is 21.1. The van der Waals surface area contributed by atoms with Crippen LogP contribution in [0, 0.1) is 0 Å². The molecule has 0 aliphatic carbocycles. The Kier molecular flexibility index (Phi) is 12.3. The number of hydrogen-bond acceptors (Lipinski definition) is 8. The summed E-state index contributed by atoms with van der Waals surface area (Å²) in [5.41, 5.74) is 3.15. The van der Waals surface area contributed by atoms with E-state index in [2.05, 4.69) is 10.6 Å². The first-order valence-corrected chi connectivity index (χ1v) is 11.4. The number of esters is 3. The van der Waals surface area contributed by atoms with Gasteiger partial charge in [0.2, 0.25) is 0 Å². The van der Waals surface area contributed by atoms with Crippen molar-refractivity contribution >= 4 is 36.4 Å². The number of likely N-dealkylation sites (N-methyl/N-ethyl adjacent to an activating group) is 1. The van der Waals surface area contributed by atoms with Gasteiger partial charge in [-0.15, -0.1) is 12.4 Å². The lowest BCUT2D eigenvalue weighted by atomic mass is 9.78. The average molecular weight is 507 g/mol. The fourth-order valence-corrected chi connectivity index (χ4v) is 3.81. The quantitative estimate of drug-likeness (QED) is 0.282. The molecule has 2 rings (SSSR count). The molecule has 1 unspecified atom stereocenters. The zero-order valence-corrected chi connectivity index (χ0v) is 21.9. The smallest absolute Gasteiger partial charge is 0.336 e. The largest absolute Gasteiger partial charge is 0.463 e. The van der Waals surface area contributed by atoms with Crippen molar-refractivity contribution in [3.63, 3.8) is 0 Å². The molecule has 0 saturated carbocycles. The maximum absolute atomic E-state index is 13.2. The highest BCUT2D eigenvalue weighted by Crippen LogP contribution is 2.41. The van der Waals surface area contributed by atoms with Crippen molar-refractivity contribution in [1.82, 2.24) is 10.6 Å². The minimum atomic E-state index is -0.760. The van der Waals surface area contributed by atoms with Gasteiger partial charge in [-0.1, -0.05) is 24.3 Å². The lowest BCUT2D eigenvalue weighted by molar-refractivity contribution is -0.142. The molecule has 0 spiro atoms. The molecule has 192 valence electrons. The van der Waals surface area contributed by atoms with Crippen molar-refractivity contribution < 1.29 is 28.6 Å². The minimum Gasteiger partial charge on any atom is -0.463 e. The number of rotatable bonds is 10. The number of dihydropyridines is 1. The number of hydrogen-bond donors (Lipinski definition) is 2. The SMILES string of the molecule is CCOC(=O)C1=C(C)NC(CNC)=C(C(=O)OCC)C1c1ccccc1/C=C/C(=O)OC(C)C.Cl. The summed E-state index contributed by atoms with van der Waals surface area (Å²) in [5, 5.41) is 6.25. The summed E-state index contributed by atoms with van der Waals surface area (Å²) in [4.78, 5) is 38.4. The molecular weight excluding hydrogens is 472 g/mol. The first-order chi connectivity index (χ1) is 16.2. The van der Waals surface area contributed by atoms with E-state index in [0.29, 0.717) is 40.2 Å². The maximum atomic E-state index is 13.2. The lowest BCUT2D eigenvalue weighted by Crippen LogP contribution is -2.36. The van der Waals surface area contributed by atoms with Crippen molar-refractivity contribution in [3.8, 4) is 0 Å². The summed E-state index contributed by atoms with van der Waals surface area (Å²) in [6.45, 7) is 9.50. The highest BCUT2D eigenvalue weighted by molar-refractivity contribution is 6.00. The molecule has 1 aromatic rings. The second-order valence-electron chi connectivity index (χ2n) is 7.91. The van der Waals surface area contributed by atoms with Crippen molar-refractivity contribution in [2.75, 3.05) is 26.8 Å². The first-order valence-electron chi connectivity index (χ1n) is 11.4. The van der Waals surface area contributed by atoms with Crippen LogP contribution in [-0.4, -0.2) is 50.8 Å². The molecule has 8 nitrogen and oxygen atoms in total. The van der Waals surface area contributed by atoms with E-state index >= 15 is 0 Å². The highest BCUT2D eigenvalue weighted by atomic mass is 35.5. The normalized spacial score (nSPS) is 15.6. The van der Waals surface area contributed by atoms with Gasteiger partial charge in [0.15, 0.2) is 0 Å². The summed E-state index contributed by atoms with van der Waals surface area (Å²) in [6, 6.07) is 7.28. The molecule has 9 heteroatoms. The first kappa shape index (κ1) is 29.9. The van der Waals surface area contributed by atoms with E-state index in [1.165, 1.54) is 6.08 Å². The summed E-state index contributed by atoms with van der Waals surface area (Å²) in [6.07, 6.45) is 2.71. The van der Waals surface area contributed by atoms with Crippen LogP contribution < -0.4 is 10.6 Å².